The van der Waals surface area contributed by atoms with Crippen LogP contribution in [0.1, 0.15) is 69.9 Å². The predicted molar refractivity (Wildman–Crippen MR) is 107 cm³/mol. The van der Waals surface area contributed by atoms with Gasteiger partial charge in [0.1, 0.15) is 0 Å². The van der Waals surface area contributed by atoms with Crippen molar-refractivity contribution < 1.29 is 13.2 Å². The topological polar surface area (TPSA) is 29.0 Å². The van der Waals surface area contributed by atoms with Crippen LogP contribution in [0.25, 0.3) is 10.6 Å². The Balaban J connectivity index is 1.78. The molecule has 0 aliphatic heterocycles. The number of anilines is 1. The molecule has 28 heavy (non-hydrogen) atoms. The summed E-state index contributed by atoms with van der Waals surface area (Å²) in [6.45, 7) is 0. The van der Waals surface area contributed by atoms with Gasteiger partial charge in [-0.05, 0) is 43.2 Å². The molecule has 2 aliphatic carbocycles. The van der Waals surface area contributed by atoms with Gasteiger partial charge in [0, 0.05) is 12.1 Å². The minimum Gasteiger partial charge on any atom is -0.335 e. The molecule has 0 spiro atoms. The Kier molecular flexibility index (Phi) is 5.90. The first kappa shape index (κ1) is 19.7. The smallest absolute Gasteiger partial charge is 0.335 e. The molecule has 2 saturated carbocycles. The van der Waals surface area contributed by atoms with Crippen molar-refractivity contribution in [2.24, 2.45) is 0 Å². The fourth-order valence-corrected chi connectivity index (χ4v) is 5.28. The summed E-state index contributed by atoms with van der Waals surface area (Å²) in [6.07, 6.45) is 6.53. The first-order valence-electron chi connectivity index (χ1n) is 10.3. The van der Waals surface area contributed by atoms with Crippen LogP contribution >= 0.6 is 11.3 Å². The van der Waals surface area contributed by atoms with E-state index in [1.54, 1.807) is 0 Å². The third-order valence-corrected chi connectivity index (χ3v) is 6.84. The lowest BCUT2D eigenvalue weighted by Gasteiger charge is -2.42. The van der Waals surface area contributed by atoms with Crippen molar-refractivity contribution in [3.63, 3.8) is 0 Å². The Morgan fingerprint density at radius 2 is 1.50 bits per heavy atom. The van der Waals surface area contributed by atoms with E-state index in [0.717, 1.165) is 62.3 Å². The molecule has 0 saturated heterocycles. The number of nitrogens with zero attached hydrogens (tertiary/aromatic N) is 3. The third-order valence-electron chi connectivity index (χ3n) is 5.95. The van der Waals surface area contributed by atoms with Crippen LogP contribution in [0, 0.1) is 0 Å². The second-order valence-electron chi connectivity index (χ2n) is 7.90. The van der Waals surface area contributed by atoms with Crippen LogP contribution in [-0.4, -0.2) is 22.1 Å². The number of thiophene rings is 1. The standard InChI is InChI=1S/C21H26F3N3S/c22-21(23,24)19-14-17(18-12-7-13-28-18)25-20(26-19)27(15-8-3-1-4-9-15)16-10-5-2-6-11-16/h7,12-16H,1-6,8-11H2. The van der Waals surface area contributed by atoms with Gasteiger partial charge in [0.2, 0.25) is 5.95 Å². The largest absolute Gasteiger partial charge is 0.433 e. The van der Waals surface area contributed by atoms with Gasteiger partial charge in [-0.1, -0.05) is 44.6 Å². The van der Waals surface area contributed by atoms with Crippen molar-refractivity contribution in [1.29, 1.82) is 0 Å². The maximum atomic E-state index is 13.6. The number of alkyl halides is 3. The summed E-state index contributed by atoms with van der Waals surface area (Å²) < 4.78 is 40.9. The molecule has 152 valence electrons. The monoisotopic (exact) mass is 409 g/mol. The van der Waals surface area contributed by atoms with Crippen molar-refractivity contribution in [1.82, 2.24) is 9.97 Å². The lowest BCUT2D eigenvalue weighted by atomic mass is 9.89. The highest BCUT2D eigenvalue weighted by Gasteiger charge is 2.37. The quantitative estimate of drug-likeness (QED) is 0.563. The zero-order chi connectivity index (χ0) is 19.6. The van der Waals surface area contributed by atoms with Crippen molar-refractivity contribution in [3.8, 4) is 10.6 Å². The molecule has 2 aliphatic rings. The number of halogens is 3. The zero-order valence-electron chi connectivity index (χ0n) is 15.9. The normalized spacial score (nSPS) is 19.7. The average Bonchev–Trinajstić information content (AvgIpc) is 3.24. The van der Waals surface area contributed by atoms with Crippen molar-refractivity contribution in [2.45, 2.75) is 82.5 Å². The summed E-state index contributed by atoms with van der Waals surface area (Å²) in [5.74, 6) is 0.275. The van der Waals surface area contributed by atoms with E-state index in [1.807, 2.05) is 17.5 Å². The second-order valence-corrected chi connectivity index (χ2v) is 8.85. The van der Waals surface area contributed by atoms with Crippen LogP contribution in [0.15, 0.2) is 23.6 Å². The Hall–Kier alpha value is -1.63. The molecule has 4 rings (SSSR count). The molecule has 2 aromatic rings. The van der Waals surface area contributed by atoms with E-state index in [9.17, 15) is 13.2 Å². The Morgan fingerprint density at radius 1 is 0.893 bits per heavy atom. The number of hydrogen-bond donors (Lipinski definition) is 0. The lowest BCUT2D eigenvalue weighted by molar-refractivity contribution is -0.141. The SMILES string of the molecule is FC(F)(F)c1cc(-c2cccs2)nc(N(C2CCCCC2)C2CCCCC2)n1. The summed E-state index contributed by atoms with van der Waals surface area (Å²) in [6, 6.07) is 5.25. The Morgan fingerprint density at radius 3 is 2.00 bits per heavy atom. The third kappa shape index (κ3) is 4.34. The van der Waals surface area contributed by atoms with Gasteiger partial charge >= 0.3 is 6.18 Å². The van der Waals surface area contributed by atoms with E-state index in [1.165, 1.54) is 24.2 Å². The average molecular weight is 410 g/mol. The summed E-state index contributed by atoms with van der Waals surface area (Å²) in [5.41, 5.74) is -0.457. The van der Waals surface area contributed by atoms with Crippen LogP contribution in [0.4, 0.5) is 19.1 Å². The first-order valence-corrected chi connectivity index (χ1v) is 11.2. The Bertz CT molecular complexity index is 746. The minimum absolute atomic E-state index is 0.247. The molecule has 0 radical (unpaired) electrons. The van der Waals surface area contributed by atoms with Gasteiger partial charge in [0.25, 0.3) is 0 Å². The molecule has 0 unspecified atom stereocenters. The lowest BCUT2D eigenvalue weighted by Crippen LogP contribution is -2.46. The van der Waals surface area contributed by atoms with Crippen LogP contribution < -0.4 is 4.90 Å². The van der Waals surface area contributed by atoms with Crippen molar-refractivity contribution in [3.05, 3.63) is 29.3 Å². The predicted octanol–water partition coefficient (Wildman–Crippen LogP) is 6.70. The molecular formula is C21H26F3N3S. The van der Waals surface area contributed by atoms with Crippen molar-refractivity contribution in [2.75, 3.05) is 4.90 Å². The molecular weight excluding hydrogens is 383 g/mol. The minimum atomic E-state index is -4.48. The van der Waals surface area contributed by atoms with Gasteiger partial charge < -0.3 is 4.90 Å². The fraction of sp³-hybridized carbons (Fsp3) is 0.619. The number of hydrogen-bond acceptors (Lipinski definition) is 4. The summed E-state index contributed by atoms with van der Waals surface area (Å²) in [7, 11) is 0. The Labute approximate surface area is 168 Å². The van der Waals surface area contributed by atoms with Crippen LogP contribution in [-0.2, 0) is 6.18 Å². The fourth-order valence-electron chi connectivity index (χ4n) is 4.59. The highest BCUT2D eigenvalue weighted by molar-refractivity contribution is 7.13. The second kappa shape index (κ2) is 8.39. The molecule has 0 N–H and O–H groups in total. The van der Waals surface area contributed by atoms with Gasteiger partial charge in [-0.25, -0.2) is 9.97 Å². The summed E-state index contributed by atoms with van der Waals surface area (Å²) in [4.78, 5) is 11.6. The number of rotatable bonds is 4. The molecule has 7 heteroatoms. The van der Waals surface area contributed by atoms with Gasteiger partial charge in [-0.3, -0.25) is 0 Å². The van der Waals surface area contributed by atoms with Gasteiger partial charge in [0.15, 0.2) is 5.69 Å². The van der Waals surface area contributed by atoms with Gasteiger partial charge in [-0.2, -0.15) is 13.2 Å². The van der Waals surface area contributed by atoms with E-state index in [2.05, 4.69) is 14.9 Å². The molecule has 3 nitrogen and oxygen atoms in total. The van der Waals surface area contributed by atoms with E-state index in [-0.39, 0.29) is 18.0 Å². The highest BCUT2D eigenvalue weighted by atomic mass is 32.1. The van der Waals surface area contributed by atoms with Gasteiger partial charge in [-0.15, -0.1) is 11.3 Å². The highest BCUT2D eigenvalue weighted by Crippen LogP contribution is 2.37. The first-order chi connectivity index (χ1) is 13.5. The maximum Gasteiger partial charge on any atom is 0.433 e. The van der Waals surface area contributed by atoms with Gasteiger partial charge in [0.05, 0.1) is 10.6 Å². The zero-order valence-corrected chi connectivity index (χ0v) is 16.7. The summed E-state index contributed by atoms with van der Waals surface area (Å²) >= 11 is 1.41. The molecule has 2 heterocycles. The van der Waals surface area contributed by atoms with Crippen LogP contribution in [0.2, 0.25) is 0 Å². The van der Waals surface area contributed by atoms with E-state index in [4.69, 9.17) is 0 Å². The number of aromatic nitrogens is 2. The van der Waals surface area contributed by atoms with Crippen LogP contribution in [0.5, 0.6) is 0 Å². The summed E-state index contributed by atoms with van der Waals surface area (Å²) in [5, 5.41) is 1.87. The molecule has 0 aromatic carbocycles. The molecule has 0 amide bonds. The molecule has 0 bridgehead atoms. The maximum absolute atomic E-state index is 13.6. The molecule has 0 atom stereocenters. The molecule has 2 fully saturated rings. The van der Waals surface area contributed by atoms with Crippen molar-refractivity contribution >= 4 is 17.3 Å². The van der Waals surface area contributed by atoms with E-state index < -0.39 is 11.9 Å². The molecule has 2 aromatic heterocycles. The van der Waals surface area contributed by atoms with E-state index in [0.29, 0.717) is 5.69 Å². The van der Waals surface area contributed by atoms with Crippen LogP contribution in [0.3, 0.4) is 0 Å². The van der Waals surface area contributed by atoms with E-state index >= 15 is 0 Å².